The Labute approximate surface area is 74.9 Å². The second-order valence-electron chi connectivity index (χ2n) is 1.93. The zero-order valence-electron chi connectivity index (χ0n) is 5.88. The van der Waals surface area contributed by atoms with E-state index in [4.69, 9.17) is 29.5 Å². The topological polar surface area (TPSA) is 92.5 Å². The van der Waals surface area contributed by atoms with Crippen molar-refractivity contribution in [2.45, 2.75) is 17.6 Å². The van der Waals surface area contributed by atoms with E-state index in [1.54, 1.807) is 0 Å². The molecule has 0 saturated carbocycles. The summed E-state index contributed by atoms with van der Waals surface area (Å²) < 4.78 is 0. The number of nitrogens with two attached hydrogens (primary N) is 2. The number of aliphatic hydroxyl groups excluding tert-OH is 2. The average Bonchev–Trinajstić information content (AvgIpc) is 1.86. The van der Waals surface area contributed by atoms with E-state index in [1.165, 1.54) is 10.8 Å². The first-order chi connectivity index (χ1) is 5.04. The van der Waals surface area contributed by atoms with Crippen molar-refractivity contribution in [3.8, 4) is 0 Å². The molecule has 64 valence electrons. The third-order valence-corrected chi connectivity index (χ3v) is 3.26. The third kappa shape index (κ3) is 6.98. The van der Waals surface area contributed by atoms with Gasteiger partial charge in [-0.2, -0.15) is 0 Å². The lowest BCUT2D eigenvalue weighted by atomic mass is 10.0. The van der Waals surface area contributed by atoms with Crippen LogP contribution in [-0.2, 0) is 0 Å². The summed E-state index contributed by atoms with van der Waals surface area (Å²) in [7, 11) is 7.55. The number of hydrogen-bond acceptors (Lipinski definition) is 6. The molecule has 0 amide bonds. The van der Waals surface area contributed by atoms with E-state index in [9.17, 15) is 0 Å². The molecular formula is C4H11BN2O2S2. The second-order valence-corrected chi connectivity index (χ2v) is 4.45. The quantitative estimate of drug-likeness (QED) is 0.240. The lowest BCUT2D eigenvalue weighted by Gasteiger charge is -2.12. The van der Waals surface area contributed by atoms with E-state index in [0.29, 0.717) is 5.75 Å². The molecule has 0 heterocycles. The summed E-state index contributed by atoms with van der Waals surface area (Å²) >= 11 is 0. The van der Waals surface area contributed by atoms with Gasteiger partial charge in [0.25, 0.3) is 0 Å². The van der Waals surface area contributed by atoms with Gasteiger partial charge in [-0.1, -0.05) is 21.6 Å². The molecule has 0 aromatic carbocycles. The molecule has 0 bridgehead atoms. The minimum atomic E-state index is -1.22. The highest BCUT2D eigenvalue weighted by atomic mass is 33.1. The minimum absolute atomic E-state index is 0.408. The molecule has 0 aromatic heterocycles. The van der Waals surface area contributed by atoms with Crippen LogP contribution < -0.4 is 11.5 Å². The lowest BCUT2D eigenvalue weighted by Crippen LogP contribution is -2.31. The Morgan fingerprint density at radius 2 is 1.91 bits per heavy atom. The molecule has 4 nitrogen and oxygen atoms in total. The molecule has 11 heavy (non-hydrogen) atoms. The summed E-state index contributed by atoms with van der Waals surface area (Å²) in [6.07, 6.45) is -1.22. The molecule has 3 atom stereocenters. The number of rotatable bonds is 5. The summed E-state index contributed by atoms with van der Waals surface area (Å²) in [6.45, 7) is 0. The zero-order chi connectivity index (χ0) is 8.85. The van der Waals surface area contributed by atoms with Crippen LogP contribution in [0.15, 0.2) is 0 Å². The SMILES string of the molecule is [B]C(N)CSSC(O)C(N)O. The lowest BCUT2D eigenvalue weighted by molar-refractivity contribution is 0.0794. The van der Waals surface area contributed by atoms with Gasteiger partial charge in [0.1, 0.15) is 11.7 Å². The first-order valence-corrected chi connectivity index (χ1v) is 5.33. The van der Waals surface area contributed by atoms with Crippen molar-refractivity contribution in [2.75, 3.05) is 5.75 Å². The molecule has 2 radical (unpaired) electrons. The molecule has 6 N–H and O–H groups in total. The van der Waals surface area contributed by atoms with Gasteiger partial charge in [0.15, 0.2) is 0 Å². The van der Waals surface area contributed by atoms with Gasteiger partial charge < -0.3 is 21.7 Å². The Hall–Kier alpha value is 0.605. The van der Waals surface area contributed by atoms with Gasteiger partial charge in [0.05, 0.1) is 7.85 Å². The highest BCUT2D eigenvalue weighted by Crippen LogP contribution is 2.25. The molecule has 3 unspecified atom stereocenters. The van der Waals surface area contributed by atoms with Crippen LogP contribution in [0.3, 0.4) is 0 Å². The summed E-state index contributed by atoms with van der Waals surface area (Å²) in [5, 5.41) is 17.5. The number of hydrogen-bond donors (Lipinski definition) is 4. The number of aliphatic hydroxyl groups is 2. The van der Waals surface area contributed by atoms with Gasteiger partial charge in [-0.3, -0.25) is 0 Å². The van der Waals surface area contributed by atoms with Gasteiger partial charge in [-0.25, -0.2) is 0 Å². The maximum absolute atomic E-state index is 8.92. The van der Waals surface area contributed by atoms with Crippen LogP contribution in [0.5, 0.6) is 0 Å². The maximum Gasteiger partial charge on any atom is 0.148 e. The van der Waals surface area contributed by atoms with Crippen LogP contribution in [0.2, 0.25) is 0 Å². The smallest absolute Gasteiger partial charge is 0.148 e. The molecule has 0 spiro atoms. The van der Waals surface area contributed by atoms with Gasteiger partial charge in [-0.15, -0.1) is 0 Å². The van der Waals surface area contributed by atoms with Crippen molar-refractivity contribution in [1.29, 1.82) is 0 Å². The second kappa shape index (κ2) is 6.16. The van der Waals surface area contributed by atoms with Crippen LogP contribution in [0, 0.1) is 0 Å². The van der Waals surface area contributed by atoms with Crippen molar-refractivity contribution in [2.24, 2.45) is 11.5 Å². The van der Waals surface area contributed by atoms with Crippen LogP contribution >= 0.6 is 21.6 Å². The fourth-order valence-electron chi connectivity index (χ4n) is 0.244. The monoisotopic (exact) mass is 194 g/mol. The summed E-state index contributed by atoms with van der Waals surface area (Å²) in [5.41, 5.74) is 9.20. The van der Waals surface area contributed by atoms with Crippen molar-refractivity contribution in [3.05, 3.63) is 0 Å². The molecule has 0 aliphatic rings. The molecular weight excluding hydrogens is 183 g/mol. The molecule has 0 aromatic rings. The summed E-state index contributed by atoms with van der Waals surface area (Å²) in [5.74, 6) is 0.101. The van der Waals surface area contributed by atoms with Gasteiger partial charge in [-0.05, 0) is 5.94 Å². The molecule has 7 heteroatoms. The Morgan fingerprint density at radius 1 is 1.36 bits per heavy atom. The standard InChI is InChI=1S/C4H11BN2O2S2/c5-2(6)1-10-11-4(9)3(7)8/h2-4,8-9H,1,6-7H2. The van der Waals surface area contributed by atoms with Gasteiger partial charge >= 0.3 is 0 Å². The molecule has 0 aliphatic heterocycles. The maximum atomic E-state index is 8.92. The van der Waals surface area contributed by atoms with E-state index < -0.39 is 17.6 Å². The zero-order valence-corrected chi connectivity index (χ0v) is 7.52. The van der Waals surface area contributed by atoms with E-state index >= 15 is 0 Å². The summed E-state index contributed by atoms with van der Waals surface area (Å²) in [4.78, 5) is 0. The van der Waals surface area contributed by atoms with E-state index in [2.05, 4.69) is 0 Å². The summed E-state index contributed by atoms with van der Waals surface area (Å²) in [6, 6.07) is 0. The van der Waals surface area contributed by atoms with E-state index in [-0.39, 0.29) is 0 Å². The Morgan fingerprint density at radius 3 is 2.27 bits per heavy atom. The molecule has 0 saturated heterocycles. The van der Waals surface area contributed by atoms with Crippen LogP contribution in [0.25, 0.3) is 0 Å². The highest BCUT2D eigenvalue weighted by molar-refractivity contribution is 8.76. The minimum Gasteiger partial charge on any atom is -0.377 e. The normalized spacial score (nSPS) is 19.3. The first kappa shape index (κ1) is 11.6. The van der Waals surface area contributed by atoms with E-state index in [1.807, 2.05) is 0 Å². The fraction of sp³-hybridized carbons (Fsp3) is 1.00. The van der Waals surface area contributed by atoms with Crippen LogP contribution in [0.1, 0.15) is 0 Å². The van der Waals surface area contributed by atoms with Crippen molar-refractivity contribution in [3.63, 3.8) is 0 Å². The predicted octanol–water partition coefficient (Wildman–Crippen LogP) is -1.58. The fourth-order valence-corrected chi connectivity index (χ4v) is 2.20. The van der Waals surface area contributed by atoms with Crippen molar-refractivity contribution < 1.29 is 10.2 Å². The largest absolute Gasteiger partial charge is 0.377 e. The molecule has 0 fully saturated rings. The van der Waals surface area contributed by atoms with Crippen LogP contribution in [0.4, 0.5) is 0 Å². The van der Waals surface area contributed by atoms with E-state index in [0.717, 1.165) is 10.8 Å². The molecule has 0 aliphatic carbocycles. The van der Waals surface area contributed by atoms with Crippen LogP contribution in [-0.4, -0.2) is 41.4 Å². The molecule has 0 rings (SSSR count). The van der Waals surface area contributed by atoms with Crippen molar-refractivity contribution in [1.82, 2.24) is 0 Å². The Kier molecular flexibility index (Phi) is 6.50. The highest BCUT2D eigenvalue weighted by Gasteiger charge is 2.11. The third-order valence-electron chi connectivity index (χ3n) is 0.719. The predicted molar refractivity (Wildman–Crippen MR) is 50.0 cm³/mol. The Balaban J connectivity index is 3.24. The average molecular weight is 194 g/mol. The Bertz CT molecular complexity index is 106. The van der Waals surface area contributed by atoms with Gasteiger partial charge in [0, 0.05) is 5.75 Å². The first-order valence-electron chi connectivity index (χ1n) is 2.95. The van der Waals surface area contributed by atoms with Gasteiger partial charge in [0.2, 0.25) is 0 Å². The van der Waals surface area contributed by atoms with Crippen molar-refractivity contribution >= 4 is 29.4 Å².